The number of benzene rings is 2. The molecule has 0 N–H and O–H groups in total. The van der Waals surface area contributed by atoms with E-state index in [0.29, 0.717) is 21.2 Å². The molecule has 0 fully saturated rings. The number of hydrogen-bond acceptors (Lipinski definition) is 6. The molecule has 4 nitrogen and oxygen atoms in total. The minimum Gasteiger partial charge on any atom is -0.434 e. The van der Waals surface area contributed by atoms with E-state index in [1.807, 2.05) is 12.1 Å². The molecule has 5 aromatic rings. The van der Waals surface area contributed by atoms with Gasteiger partial charge in [-0.3, -0.25) is 9.59 Å². The number of hydrogen-bond donors (Lipinski definition) is 0. The van der Waals surface area contributed by atoms with Gasteiger partial charge in [-0.15, -0.1) is 22.7 Å². The molecule has 2 aromatic carbocycles. The Bertz CT molecular complexity index is 1500. The number of allylic oxidation sites excluding steroid dienone is 1. The number of nitrogens with zero attached hydrogens (tertiary/aromatic N) is 1. The SMILES string of the molecule is O=C1C(=Cc2cc3oc(-c4cc5ccccc5s4)nc3s2)C(=O)c2cc(Cl)c(Cl)cc21. The molecule has 0 bridgehead atoms. The monoisotopic (exact) mass is 481 g/mol. The summed E-state index contributed by atoms with van der Waals surface area (Å²) in [5.74, 6) is -0.156. The first-order chi connectivity index (χ1) is 15.0. The molecule has 3 heterocycles. The van der Waals surface area contributed by atoms with E-state index in [4.69, 9.17) is 27.6 Å². The Kier molecular flexibility index (Phi) is 4.20. The number of carbonyl (C=O) groups excluding carboxylic acids is 2. The summed E-state index contributed by atoms with van der Waals surface area (Å²) in [5.41, 5.74) is 1.25. The largest absolute Gasteiger partial charge is 0.434 e. The van der Waals surface area contributed by atoms with Crippen LogP contribution < -0.4 is 0 Å². The highest BCUT2D eigenvalue weighted by Gasteiger charge is 2.34. The Hall–Kier alpha value is -2.77. The summed E-state index contributed by atoms with van der Waals surface area (Å²) in [6, 6.07) is 14.9. The fraction of sp³-hybridized carbons (Fsp3) is 0. The molecule has 31 heavy (non-hydrogen) atoms. The Morgan fingerprint density at radius 1 is 0.903 bits per heavy atom. The molecule has 0 saturated heterocycles. The molecule has 1 aliphatic rings. The van der Waals surface area contributed by atoms with Gasteiger partial charge in [0.2, 0.25) is 5.89 Å². The molecule has 0 radical (unpaired) electrons. The molecule has 150 valence electrons. The zero-order valence-corrected chi connectivity index (χ0v) is 18.6. The molecular formula is C23H9Cl2NO3S2. The number of carbonyl (C=O) groups is 2. The first-order valence-corrected chi connectivity index (χ1v) is 11.6. The lowest BCUT2D eigenvalue weighted by atomic mass is 10.1. The van der Waals surface area contributed by atoms with E-state index < -0.39 is 0 Å². The summed E-state index contributed by atoms with van der Waals surface area (Å²) < 4.78 is 7.12. The lowest BCUT2D eigenvalue weighted by Gasteiger charge is -1.98. The second-order valence-corrected chi connectivity index (χ2v) is 9.97. The number of thiophene rings is 2. The predicted molar refractivity (Wildman–Crippen MR) is 126 cm³/mol. The van der Waals surface area contributed by atoms with Gasteiger partial charge in [-0.25, -0.2) is 0 Å². The number of halogens is 2. The van der Waals surface area contributed by atoms with Crippen molar-refractivity contribution in [2.24, 2.45) is 0 Å². The summed E-state index contributed by atoms with van der Waals surface area (Å²) in [5, 5.41) is 1.64. The van der Waals surface area contributed by atoms with Crippen LogP contribution in [0.1, 0.15) is 25.6 Å². The standard InChI is InChI=1S/C23H9Cl2NO3S2/c24-15-8-12-13(9-16(15)25)21(28)14(20(12)27)6-11-7-17-23(30-11)26-22(29-17)19-5-10-3-1-2-4-18(10)31-19/h1-9H. The number of oxazole rings is 1. The lowest BCUT2D eigenvalue weighted by Crippen LogP contribution is -1.99. The zero-order chi connectivity index (χ0) is 21.3. The molecule has 0 saturated carbocycles. The fourth-order valence-corrected chi connectivity index (χ4v) is 5.82. The van der Waals surface area contributed by atoms with Gasteiger partial charge in [-0.1, -0.05) is 41.4 Å². The van der Waals surface area contributed by atoms with Crippen LogP contribution in [0.5, 0.6) is 0 Å². The van der Waals surface area contributed by atoms with Crippen LogP contribution in [-0.2, 0) is 0 Å². The number of aromatic nitrogens is 1. The molecule has 6 rings (SSSR count). The number of rotatable bonds is 2. The van der Waals surface area contributed by atoms with Crippen LogP contribution >= 0.6 is 45.9 Å². The van der Waals surface area contributed by atoms with Gasteiger partial charge in [0.1, 0.15) is 0 Å². The molecule has 0 unspecified atom stereocenters. The van der Waals surface area contributed by atoms with Crippen molar-refractivity contribution in [3.05, 3.63) is 80.2 Å². The van der Waals surface area contributed by atoms with Crippen LogP contribution in [0.25, 0.3) is 37.3 Å². The first kappa shape index (κ1) is 19.0. The van der Waals surface area contributed by atoms with E-state index >= 15 is 0 Å². The Morgan fingerprint density at radius 2 is 1.61 bits per heavy atom. The van der Waals surface area contributed by atoms with E-state index in [2.05, 4.69) is 23.2 Å². The lowest BCUT2D eigenvalue weighted by molar-refractivity contribution is 0.0990. The Balaban J connectivity index is 1.37. The van der Waals surface area contributed by atoms with Crippen LogP contribution in [0.15, 0.2) is 58.5 Å². The van der Waals surface area contributed by atoms with E-state index in [0.717, 1.165) is 10.3 Å². The smallest absolute Gasteiger partial charge is 0.238 e. The molecule has 0 atom stereocenters. The van der Waals surface area contributed by atoms with Crippen molar-refractivity contribution >= 4 is 84.0 Å². The Morgan fingerprint density at radius 3 is 2.29 bits per heavy atom. The van der Waals surface area contributed by atoms with Crippen LogP contribution in [-0.4, -0.2) is 16.6 Å². The van der Waals surface area contributed by atoms with Crippen LogP contribution in [0, 0.1) is 0 Å². The fourth-order valence-electron chi connectivity index (χ4n) is 3.61. The van der Waals surface area contributed by atoms with Crippen molar-refractivity contribution in [3.8, 4) is 10.8 Å². The van der Waals surface area contributed by atoms with Gasteiger partial charge < -0.3 is 4.42 Å². The molecule has 0 spiro atoms. The second kappa shape index (κ2) is 6.87. The highest BCUT2D eigenvalue weighted by molar-refractivity contribution is 7.22. The molecular weight excluding hydrogens is 473 g/mol. The third-order valence-corrected chi connectivity index (χ3v) is 7.85. The van der Waals surface area contributed by atoms with Gasteiger partial charge in [0.15, 0.2) is 22.0 Å². The third-order valence-electron chi connectivity index (χ3n) is 5.07. The molecule has 1 aliphatic carbocycles. The van der Waals surface area contributed by atoms with Gasteiger partial charge in [0.05, 0.1) is 20.5 Å². The summed E-state index contributed by atoms with van der Waals surface area (Å²) in [6.07, 6.45) is 1.58. The average molecular weight is 482 g/mol. The minimum absolute atomic E-state index is 0.0852. The van der Waals surface area contributed by atoms with E-state index in [1.54, 1.807) is 23.5 Å². The third kappa shape index (κ3) is 2.98. The topological polar surface area (TPSA) is 60.2 Å². The minimum atomic E-state index is -0.359. The maximum Gasteiger partial charge on any atom is 0.238 e. The molecule has 0 amide bonds. The van der Waals surface area contributed by atoms with E-state index in [-0.39, 0.29) is 38.3 Å². The maximum absolute atomic E-state index is 12.7. The molecule has 8 heteroatoms. The summed E-state index contributed by atoms with van der Waals surface area (Å²) in [7, 11) is 0. The molecule has 3 aromatic heterocycles. The zero-order valence-electron chi connectivity index (χ0n) is 15.4. The summed E-state index contributed by atoms with van der Waals surface area (Å²) in [4.78, 5) is 32.4. The van der Waals surface area contributed by atoms with E-state index in [1.165, 1.54) is 28.2 Å². The van der Waals surface area contributed by atoms with E-state index in [9.17, 15) is 9.59 Å². The van der Waals surface area contributed by atoms with Gasteiger partial charge >= 0.3 is 0 Å². The Labute approximate surface area is 193 Å². The summed E-state index contributed by atoms with van der Waals surface area (Å²) >= 11 is 15.0. The molecule has 0 aliphatic heterocycles. The normalized spacial score (nSPS) is 13.5. The van der Waals surface area contributed by atoms with Crippen molar-refractivity contribution in [3.63, 3.8) is 0 Å². The van der Waals surface area contributed by atoms with Gasteiger partial charge in [0.25, 0.3) is 0 Å². The van der Waals surface area contributed by atoms with Crippen molar-refractivity contribution in [1.29, 1.82) is 0 Å². The number of Topliss-reactive ketones (excluding diaryl/α,β-unsaturated/α-hetero) is 2. The number of fused-ring (bicyclic) bond motifs is 3. The average Bonchev–Trinajstić information content (AvgIpc) is 3.48. The highest BCUT2D eigenvalue weighted by atomic mass is 35.5. The second-order valence-electron chi connectivity index (χ2n) is 7.01. The summed E-state index contributed by atoms with van der Waals surface area (Å²) in [6.45, 7) is 0. The predicted octanol–water partition coefficient (Wildman–Crippen LogP) is 7.54. The van der Waals surface area contributed by atoms with Gasteiger partial charge in [-0.05, 0) is 35.7 Å². The quantitative estimate of drug-likeness (QED) is 0.193. The van der Waals surface area contributed by atoms with Crippen molar-refractivity contribution in [2.75, 3.05) is 0 Å². The maximum atomic E-state index is 12.7. The van der Waals surface area contributed by atoms with Gasteiger partial charge in [-0.2, -0.15) is 4.98 Å². The first-order valence-electron chi connectivity index (χ1n) is 9.17. The van der Waals surface area contributed by atoms with Crippen LogP contribution in [0.4, 0.5) is 0 Å². The van der Waals surface area contributed by atoms with Gasteiger partial charge in [0, 0.05) is 26.8 Å². The van der Waals surface area contributed by atoms with Crippen molar-refractivity contribution in [1.82, 2.24) is 4.98 Å². The number of ketones is 2. The van der Waals surface area contributed by atoms with Crippen molar-refractivity contribution < 1.29 is 14.0 Å². The highest BCUT2D eigenvalue weighted by Crippen LogP contribution is 2.38. The van der Waals surface area contributed by atoms with Crippen LogP contribution in [0.2, 0.25) is 10.0 Å². The van der Waals surface area contributed by atoms with Crippen LogP contribution in [0.3, 0.4) is 0 Å². The van der Waals surface area contributed by atoms with Crippen molar-refractivity contribution in [2.45, 2.75) is 0 Å².